The Labute approximate surface area is 207 Å². The number of nitrogens with one attached hydrogen (secondary N) is 1. The maximum Gasteiger partial charge on any atom is 0.247 e. The molecule has 0 saturated heterocycles. The monoisotopic (exact) mass is 490 g/mol. The van der Waals surface area contributed by atoms with Crippen LogP contribution >= 0.6 is 23.4 Å². The lowest BCUT2D eigenvalue weighted by molar-refractivity contribution is 0.225. The molecule has 34 heavy (non-hydrogen) atoms. The van der Waals surface area contributed by atoms with Crippen LogP contribution in [0, 0.1) is 0 Å². The molecule has 0 amide bonds. The molecule has 5 rings (SSSR count). The Morgan fingerprint density at radius 2 is 1.79 bits per heavy atom. The first-order chi connectivity index (χ1) is 16.7. The fourth-order valence-electron chi connectivity index (χ4n) is 3.55. The van der Waals surface area contributed by atoms with Crippen molar-refractivity contribution >= 4 is 29.1 Å². The molecule has 1 aliphatic rings. The van der Waals surface area contributed by atoms with Gasteiger partial charge in [0.2, 0.25) is 11.0 Å². The van der Waals surface area contributed by atoms with Gasteiger partial charge in [-0.1, -0.05) is 60.6 Å². The average molecular weight is 491 g/mol. The van der Waals surface area contributed by atoms with Gasteiger partial charge < -0.3 is 14.8 Å². The summed E-state index contributed by atoms with van der Waals surface area (Å²) in [6.07, 6.45) is 0.529. The Balaban J connectivity index is 1.42. The second kappa shape index (κ2) is 10.3. The van der Waals surface area contributed by atoms with Gasteiger partial charge in [-0.25, -0.2) is 0 Å². The van der Waals surface area contributed by atoms with Gasteiger partial charge in [0, 0.05) is 27.6 Å². The minimum atomic E-state index is -0.437. The minimum absolute atomic E-state index is 0.437. The zero-order valence-electron chi connectivity index (χ0n) is 18.6. The topological polar surface area (TPSA) is 69.2 Å². The number of aromatic nitrogens is 3. The molecule has 4 aromatic rings. The Morgan fingerprint density at radius 1 is 1.00 bits per heavy atom. The largest absolute Gasteiger partial charge is 0.494 e. The maximum absolute atomic E-state index is 6.36. The smallest absolute Gasteiger partial charge is 0.247 e. The fraction of sp³-hybridized carbons (Fsp3) is 0.192. The number of ether oxygens (including phenoxy) is 2. The predicted octanol–water partition coefficient (Wildman–Crippen LogP) is 6.78. The highest BCUT2D eigenvalue weighted by Crippen LogP contribution is 2.39. The molecule has 1 aromatic heterocycles. The highest BCUT2D eigenvalue weighted by Gasteiger charge is 2.26. The summed E-state index contributed by atoms with van der Waals surface area (Å²) in [4.78, 5) is 4.71. The number of halogens is 1. The van der Waals surface area contributed by atoms with Gasteiger partial charge in [0.1, 0.15) is 5.75 Å². The van der Waals surface area contributed by atoms with Crippen molar-refractivity contribution < 1.29 is 9.47 Å². The number of benzene rings is 3. The number of hydrogen-bond donors (Lipinski definition) is 1. The molecule has 0 spiro atoms. The molecule has 1 aliphatic heterocycles. The summed E-state index contributed by atoms with van der Waals surface area (Å²) >= 11 is 7.49. The average Bonchev–Trinajstić information content (AvgIpc) is 3.04. The Kier molecular flexibility index (Phi) is 6.83. The predicted molar refractivity (Wildman–Crippen MR) is 135 cm³/mol. The molecule has 1 N–H and O–H groups in total. The number of thioether (sulfide) groups is 1. The third-order valence-corrected chi connectivity index (χ3v) is 6.43. The summed E-state index contributed by atoms with van der Waals surface area (Å²) in [5.41, 5.74) is 4.52. The molecule has 1 atom stereocenters. The van der Waals surface area contributed by atoms with Crippen LogP contribution in [0.3, 0.4) is 0 Å². The second-order valence-electron chi connectivity index (χ2n) is 7.77. The van der Waals surface area contributed by atoms with Gasteiger partial charge >= 0.3 is 0 Å². The van der Waals surface area contributed by atoms with Crippen molar-refractivity contribution in [1.82, 2.24) is 15.2 Å². The van der Waals surface area contributed by atoms with Crippen LogP contribution in [-0.2, 0) is 5.75 Å². The van der Waals surface area contributed by atoms with E-state index in [9.17, 15) is 0 Å². The van der Waals surface area contributed by atoms with E-state index in [1.165, 1.54) is 11.8 Å². The van der Waals surface area contributed by atoms with Crippen molar-refractivity contribution in [3.63, 3.8) is 0 Å². The first-order valence-electron chi connectivity index (χ1n) is 11.1. The van der Waals surface area contributed by atoms with Crippen molar-refractivity contribution in [3.05, 3.63) is 88.9 Å². The summed E-state index contributed by atoms with van der Waals surface area (Å²) in [7, 11) is 0. The summed E-state index contributed by atoms with van der Waals surface area (Å²) in [5, 5.41) is 13.6. The van der Waals surface area contributed by atoms with Crippen molar-refractivity contribution in [3.8, 4) is 22.9 Å². The maximum atomic E-state index is 6.36. The van der Waals surface area contributed by atoms with Crippen molar-refractivity contribution in [1.29, 1.82) is 0 Å². The summed E-state index contributed by atoms with van der Waals surface area (Å²) in [6, 6.07) is 23.6. The van der Waals surface area contributed by atoms with E-state index in [1.54, 1.807) is 0 Å². The molecule has 6 nitrogen and oxygen atoms in total. The molecule has 0 fully saturated rings. The van der Waals surface area contributed by atoms with Crippen LogP contribution < -0.4 is 14.8 Å². The third-order valence-electron chi connectivity index (χ3n) is 5.27. The van der Waals surface area contributed by atoms with Crippen LogP contribution in [-0.4, -0.2) is 21.8 Å². The number of fused-ring (bicyclic) bond motifs is 3. The lowest BCUT2D eigenvalue weighted by atomic mass is 10.1. The van der Waals surface area contributed by atoms with E-state index < -0.39 is 6.23 Å². The molecule has 1 unspecified atom stereocenters. The van der Waals surface area contributed by atoms with E-state index in [1.807, 2.05) is 72.8 Å². The van der Waals surface area contributed by atoms with Crippen molar-refractivity contribution in [2.24, 2.45) is 0 Å². The number of hydrogen-bond acceptors (Lipinski definition) is 7. The van der Waals surface area contributed by atoms with Crippen LogP contribution in [0.5, 0.6) is 11.6 Å². The van der Waals surface area contributed by atoms with Gasteiger partial charge in [-0.3, -0.25) is 0 Å². The van der Waals surface area contributed by atoms with Crippen LogP contribution in [0.15, 0.2) is 78.0 Å². The lowest BCUT2D eigenvalue weighted by Gasteiger charge is -2.19. The molecule has 0 bridgehead atoms. The van der Waals surface area contributed by atoms with Crippen LogP contribution in [0.4, 0.5) is 5.69 Å². The van der Waals surface area contributed by atoms with Crippen LogP contribution in [0.25, 0.3) is 11.3 Å². The van der Waals surface area contributed by atoms with E-state index in [2.05, 4.69) is 22.4 Å². The highest BCUT2D eigenvalue weighted by molar-refractivity contribution is 7.98. The van der Waals surface area contributed by atoms with Crippen molar-refractivity contribution in [2.45, 2.75) is 30.5 Å². The molecule has 3 aromatic carbocycles. The normalized spacial score (nSPS) is 14.2. The van der Waals surface area contributed by atoms with Gasteiger partial charge in [0.05, 0.1) is 6.61 Å². The Hall–Kier alpha value is -3.29. The summed E-state index contributed by atoms with van der Waals surface area (Å²) < 4.78 is 12.1. The van der Waals surface area contributed by atoms with Gasteiger partial charge in [-0.15, -0.1) is 10.2 Å². The van der Waals surface area contributed by atoms with Crippen LogP contribution in [0.2, 0.25) is 5.02 Å². The van der Waals surface area contributed by atoms with Gasteiger partial charge in [0.25, 0.3) is 0 Å². The molecule has 0 saturated carbocycles. The molecule has 8 heteroatoms. The second-order valence-corrected chi connectivity index (χ2v) is 9.15. The lowest BCUT2D eigenvalue weighted by Crippen LogP contribution is -2.17. The number of rotatable bonds is 7. The van der Waals surface area contributed by atoms with Gasteiger partial charge in [-0.2, -0.15) is 4.98 Å². The molecular weight excluding hydrogens is 468 g/mol. The summed E-state index contributed by atoms with van der Waals surface area (Å²) in [5.74, 6) is 1.99. The van der Waals surface area contributed by atoms with E-state index >= 15 is 0 Å². The standard InChI is InChI=1S/C26H23ClN4O2S/c1-2-15-32-20-13-9-18(10-14-20)24-28-22-6-4-3-5-21(22)23-25(33-24)29-26(31-30-23)34-16-17-7-11-19(27)12-8-17/h3-14,24,28H,2,15-16H2,1H3. The van der Waals surface area contributed by atoms with Crippen molar-refractivity contribution in [2.75, 3.05) is 11.9 Å². The number of anilines is 1. The molecule has 0 radical (unpaired) electrons. The van der Waals surface area contributed by atoms with E-state index in [4.69, 9.17) is 26.1 Å². The minimum Gasteiger partial charge on any atom is -0.494 e. The molecule has 0 aliphatic carbocycles. The fourth-order valence-corrected chi connectivity index (χ4v) is 4.41. The van der Waals surface area contributed by atoms with E-state index in [-0.39, 0.29) is 0 Å². The quantitative estimate of drug-likeness (QED) is 0.286. The highest BCUT2D eigenvalue weighted by atomic mass is 35.5. The number of para-hydroxylation sites is 1. The SMILES string of the molecule is CCCOc1ccc(C2Nc3ccccc3-c3nnc(SCc4ccc(Cl)cc4)nc3O2)cc1. The number of nitrogens with zero attached hydrogens (tertiary/aromatic N) is 3. The van der Waals surface area contributed by atoms with Gasteiger partial charge in [0.15, 0.2) is 11.9 Å². The third kappa shape index (κ3) is 5.11. The van der Waals surface area contributed by atoms with E-state index in [0.717, 1.165) is 34.5 Å². The molecule has 2 heterocycles. The van der Waals surface area contributed by atoms with Crippen LogP contribution in [0.1, 0.15) is 30.7 Å². The van der Waals surface area contributed by atoms with E-state index in [0.29, 0.717) is 34.1 Å². The Morgan fingerprint density at radius 3 is 2.59 bits per heavy atom. The van der Waals surface area contributed by atoms with Gasteiger partial charge in [-0.05, 0) is 54.4 Å². The molecule has 172 valence electrons. The zero-order valence-corrected chi connectivity index (χ0v) is 20.1. The summed E-state index contributed by atoms with van der Waals surface area (Å²) in [6.45, 7) is 2.78. The molecular formula is C26H23ClN4O2S. The first kappa shape index (κ1) is 22.5. The zero-order chi connectivity index (χ0) is 23.3. The Bertz CT molecular complexity index is 1270. The first-order valence-corrected chi connectivity index (χ1v) is 12.4.